The molecule has 0 heterocycles. The number of rotatable bonds is 3. The third-order valence-corrected chi connectivity index (χ3v) is 3.29. The molecule has 0 amide bonds. The molecule has 0 bridgehead atoms. The fraction of sp³-hybridized carbons (Fsp3) is 0.333. The van der Waals surface area contributed by atoms with Crippen LogP contribution in [0.4, 0.5) is 0 Å². The molecule has 84 valence electrons. The Kier molecular flexibility index (Phi) is 3.46. The predicted octanol–water partition coefficient (Wildman–Crippen LogP) is 1.94. The second-order valence-corrected chi connectivity index (χ2v) is 5.42. The van der Waals surface area contributed by atoms with Crippen LogP contribution in [0.2, 0.25) is 0 Å². The Morgan fingerprint density at radius 2 is 1.67 bits per heavy atom. The summed E-state index contributed by atoms with van der Waals surface area (Å²) in [6, 6.07) is 3.00. The van der Waals surface area contributed by atoms with E-state index in [0.717, 1.165) is 5.56 Å². The summed E-state index contributed by atoms with van der Waals surface area (Å²) in [6.07, 6.45) is 0. The maximum absolute atomic E-state index is 11.2. The van der Waals surface area contributed by atoms with Gasteiger partial charge in [0.15, 0.2) is 11.5 Å². The molecular weight excluding hydrogens is 240 g/mol. The fourth-order valence-electron chi connectivity index (χ4n) is 1.28. The lowest BCUT2D eigenvalue weighted by molar-refractivity contribution is 0.345. The largest absolute Gasteiger partial charge is 0.493 e. The average Bonchev–Trinajstić information content (AvgIpc) is 2.15. The Labute approximate surface area is 93.2 Å². The minimum Gasteiger partial charge on any atom is -0.493 e. The van der Waals surface area contributed by atoms with Gasteiger partial charge in [0.05, 0.1) is 14.2 Å². The van der Waals surface area contributed by atoms with E-state index < -0.39 is 9.05 Å². The summed E-state index contributed by atoms with van der Waals surface area (Å²) in [5.74, 6) is 0.506. The van der Waals surface area contributed by atoms with Crippen molar-refractivity contribution in [1.82, 2.24) is 0 Å². The van der Waals surface area contributed by atoms with Crippen molar-refractivity contribution in [3.63, 3.8) is 0 Å². The molecule has 0 aliphatic carbocycles. The first-order chi connectivity index (χ1) is 6.91. The van der Waals surface area contributed by atoms with E-state index in [-0.39, 0.29) is 10.6 Å². The molecule has 0 fully saturated rings. The first-order valence-corrected chi connectivity index (χ1v) is 6.39. The number of methoxy groups -OCH3 is 2. The fourth-order valence-corrected chi connectivity index (χ4v) is 2.27. The quantitative estimate of drug-likeness (QED) is 0.770. The van der Waals surface area contributed by atoms with Crippen molar-refractivity contribution < 1.29 is 17.9 Å². The highest BCUT2D eigenvalue weighted by atomic mass is 35.7. The maximum atomic E-state index is 11.2. The molecule has 1 aromatic rings. The predicted molar refractivity (Wildman–Crippen MR) is 57.3 cm³/mol. The van der Waals surface area contributed by atoms with E-state index in [1.807, 2.05) is 0 Å². The Balaban J connectivity index is 3.57. The lowest BCUT2D eigenvalue weighted by Crippen LogP contribution is -2.00. The van der Waals surface area contributed by atoms with Crippen molar-refractivity contribution in [1.29, 1.82) is 0 Å². The van der Waals surface area contributed by atoms with E-state index >= 15 is 0 Å². The number of aryl methyl sites for hydroxylation is 1. The van der Waals surface area contributed by atoms with Gasteiger partial charge in [-0.2, -0.15) is 0 Å². The first kappa shape index (κ1) is 12.1. The molecular formula is C9H11ClO4S. The van der Waals surface area contributed by atoms with Crippen molar-refractivity contribution in [2.45, 2.75) is 11.8 Å². The maximum Gasteiger partial charge on any atom is 0.265 e. The summed E-state index contributed by atoms with van der Waals surface area (Å²) in [7, 11) is 4.24. The van der Waals surface area contributed by atoms with Crippen molar-refractivity contribution >= 4 is 19.7 Å². The summed E-state index contributed by atoms with van der Waals surface area (Å²) < 4.78 is 32.5. The molecule has 0 aliphatic heterocycles. The zero-order chi connectivity index (χ0) is 11.6. The van der Waals surface area contributed by atoms with Gasteiger partial charge in [-0.25, -0.2) is 8.42 Å². The van der Waals surface area contributed by atoms with E-state index in [9.17, 15) is 8.42 Å². The highest BCUT2D eigenvalue weighted by Crippen LogP contribution is 2.38. The zero-order valence-corrected chi connectivity index (χ0v) is 10.1. The van der Waals surface area contributed by atoms with Gasteiger partial charge in [0.25, 0.3) is 9.05 Å². The normalized spacial score (nSPS) is 11.2. The van der Waals surface area contributed by atoms with E-state index in [0.29, 0.717) is 5.75 Å². The summed E-state index contributed by atoms with van der Waals surface area (Å²) in [5, 5.41) is 0. The molecule has 0 N–H and O–H groups in total. The van der Waals surface area contributed by atoms with E-state index in [4.69, 9.17) is 20.2 Å². The number of benzene rings is 1. The molecule has 0 aromatic heterocycles. The lowest BCUT2D eigenvalue weighted by Gasteiger charge is -2.12. The van der Waals surface area contributed by atoms with Crippen LogP contribution in [0.3, 0.4) is 0 Å². The van der Waals surface area contributed by atoms with Gasteiger partial charge in [-0.15, -0.1) is 0 Å². The average molecular weight is 251 g/mol. The van der Waals surface area contributed by atoms with Crippen LogP contribution >= 0.6 is 10.7 Å². The highest BCUT2D eigenvalue weighted by molar-refractivity contribution is 8.13. The van der Waals surface area contributed by atoms with Gasteiger partial charge in [-0.3, -0.25) is 0 Å². The Morgan fingerprint density at radius 3 is 2.07 bits per heavy atom. The van der Waals surface area contributed by atoms with Crippen LogP contribution in [-0.4, -0.2) is 22.6 Å². The van der Waals surface area contributed by atoms with Gasteiger partial charge in [0.2, 0.25) is 0 Å². The van der Waals surface area contributed by atoms with Crippen LogP contribution in [0.15, 0.2) is 17.0 Å². The van der Waals surface area contributed by atoms with E-state index in [2.05, 4.69) is 0 Å². The third kappa shape index (κ3) is 2.35. The van der Waals surface area contributed by atoms with Crippen molar-refractivity contribution in [3.8, 4) is 11.5 Å². The van der Waals surface area contributed by atoms with Crippen molar-refractivity contribution in [3.05, 3.63) is 17.7 Å². The molecule has 0 saturated carbocycles. The Hall–Kier alpha value is -0.940. The number of ether oxygens (including phenoxy) is 2. The van der Waals surface area contributed by atoms with E-state index in [1.165, 1.54) is 20.3 Å². The number of hydrogen-bond donors (Lipinski definition) is 0. The monoisotopic (exact) mass is 250 g/mol. The molecule has 4 nitrogen and oxygen atoms in total. The van der Waals surface area contributed by atoms with Crippen LogP contribution in [0, 0.1) is 6.92 Å². The van der Waals surface area contributed by atoms with Gasteiger partial charge in [0, 0.05) is 10.7 Å². The molecule has 0 unspecified atom stereocenters. The molecule has 15 heavy (non-hydrogen) atoms. The third-order valence-electron chi connectivity index (χ3n) is 1.94. The smallest absolute Gasteiger partial charge is 0.265 e. The number of halogens is 1. The van der Waals surface area contributed by atoms with Crippen LogP contribution in [0.1, 0.15) is 5.56 Å². The lowest BCUT2D eigenvalue weighted by atomic mass is 10.2. The summed E-state index contributed by atoms with van der Waals surface area (Å²) in [6.45, 7) is 1.78. The molecule has 1 aromatic carbocycles. The van der Waals surface area contributed by atoms with Crippen molar-refractivity contribution in [2.24, 2.45) is 0 Å². The van der Waals surface area contributed by atoms with Crippen LogP contribution in [0.5, 0.6) is 11.5 Å². The minimum atomic E-state index is -3.83. The second-order valence-electron chi connectivity index (χ2n) is 2.88. The van der Waals surface area contributed by atoms with Crippen molar-refractivity contribution in [2.75, 3.05) is 14.2 Å². The molecule has 0 radical (unpaired) electrons. The second kappa shape index (κ2) is 4.28. The standard InChI is InChI=1S/C9H11ClO4S/c1-6-4-5-7(15(10,11)12)9(14-3)8(6)13-2/h4-5H,1-3H3. The van der Waals surface area contributed by atoms with Gasteiger partial charge in [-0.05, 0) is 18.6 Å². The SMILES string of the molecule is COc1c(C)ccc(S(=O)(=O)Cl)c1OC. The van der Waals surface area contributed by atoms with Gasteiger partial charge >= 0.3 is 0 Å². The summed E-state index contributed by atoms with van der Waals surface area (Å²) in [4.78, 5) is -0.0888. The topological polar surface area (TPSA) is 52.6 Å². The summed E-state index contributed by atoms with van der Waals surface area (Å²) >= 11 is 0. The van der Waals surface area contributed by atoms with Gasteiger partial charge < -0.3 is 9.47 Å². The van der Waals surface area contributed by atoms with E-state index in [1.54, 1.807) is 13.0 Å². The Bertz CT molecular complexity index is 467. The zero-order valence-electron chi connectivity index (χ0n) is 8.57. The van der Waals surface area contributed by atoms with Crippen LogP contribution in [-0.2, 0) is 9.05 Å². The Morgan fingerprint density at radius 1 is 1.13 bits per heavy atom. The van der Waals surface area contributed by atoms with Crippen LogP contribution in [0.25, 0.3) is 0 Å². The molecule has 1 rings (SSSR count). The number of hydrogen-bond acceptors (Lipinski definition) is 4. The van der Waals surface area contributed by atoms with Gasteiger partial charge in [-0.1, -0.05) is 6.07 Å². The van der Waals surface area contributed by atoms with Gasteiger partial charge in [0.1, 0.15) is 4.90 Å². The molecule has 0 saturated heterocycles. The first-order valence-electron chi connectivity index (χ1n) is 4.08. The molecule has 0 aliphatic rings. The van der Waals surface area contributed by atoms with Crippen LogP contribution < -0.4 is 9.47 Å². The minimum absolute atomic E-state index is 0.0888. The molecule has 0 spiro atoms. The summed E-state index contributed by atoms with van der Waals surface area (Å²) in [5.41, 5.74) is 0.776. The highest BCUT2D eigenvalue weighted by Gasteiger charge is 2.21. The molecule has 0 atom stereocenters. The molecule has 6 heteroatoms.